The molecule has 1 fully saturated rings. The van der Waals surface area contributed by atoms with Crippen LogP contribution in [0.3, 0.4) is 0 Å². The number of nitrogens with one attached hydrogen (secondary N) is 3. The first kappa shape index (κ1) is 12.9. The van der Waals surface area contributed by atoms with Crippen LogP contribution in [0.5, 0.6) is 0 Å². The molecule has 1 rings (SSSR count). The molecule has 1 atom stereocenters. The van der Waals surface area contributed by atoms with E-state index in [1.807, 2.05) is 6.92 Å². The lowest BCUT2D eigenvalue weighted by Crippen LogP contribution is -2.60. The highest BCUT2D eigenvalue weighted by Crippen LogP contribution is 2.14. The molecule has 92 valence electrons. The Labute approximate surface area is 95.1 Å². The first-order chi connectivity index (χ1) is 7.47. The van der Waals surface area contributed by atoms with E-state index in [4.69, 9.17) is 4.74 Å². The quantitative estimate of drug-likeness (QED) is 0.542. The highest BCUT2D eigenvalue weighted by Gasteiger charge is 2.33. The molecule has 0 aromatic rings. The summed E-state index contributed by atoms with van der Waals surface area (Å²) in [7, 11) is 1.53. The maximum Gasteiger partial charge on any atom is 0.246 e. The van der Waals surface area contributed by atoms with Gasteiger partial charge in [0.05, 0.1) is 5.60 Å². The first-order valence-corrected chi connectivity index (χ1v) is 5.32. The zero-order valence-corrected chi connectivity index (χ0v) is 9.92. The largest absolute Gasteiger partial charge is 0.363 e. The molecule has 3 N–H and O–H groups in total. The van der Waals surface area contributed by atoms with E-state index in [0.717, 1.165) is 13.1 Å². The molecule has 2 amide bonds. The second-order valence-electron chi connectivity index (χ2n) is 4.25. The van der Waals surface area contributed by atoms with Gasteiger partial charge < -0.3 is 20.7 Å². The zero-order valence-electron chi connectivity index (χ0n) is 9.92. The summed E-state index contributed by atoms with van der Waals surface area (Å²) in [6.45, 7) is 5.07. The third-order valence-corrected chi connectivity index (χ3v) is 2.57. The van der Waals surface area contributed by atoms with Gasteiger partial charge in [-0.3, -0.25) is 9.59 Å². The Morgan fingerprint density at radius 2 is 2.12 bits per heavy atom. The van der Waals surface area contributed by atoms with Crippen LogP contribution in [0.25, 0.3) is 0 Å². The van der Waals surface area contributed by atoms with Gasteiger partial charge in [-0.25, -0.2) is 0 Å². The van der Waals surface area contributed by atoms with Gasteiger partial charge in [0.25, 0.3) is 0 Å². The van der Waals surface area contributed by atoms with Gasteiger partial charge in [-0.15, -0.1) is 0 Å². The molecule has 1 heterocycles. The highest BCUT2D eigenvalue weighted by atomic mass is 16.5. The third-order valence-electron chi connectivity index (χ3n) is 2.57. The Morgan fingerprint density at radius 1 is 1.50 bits per heavy atom. The summed E-state index contributed by atoms with van der Waals surface area (Å²) in [6.07, 6.45) is 0. The average Bonchev–Trinajstić information content (AvgIpc) is 2.22. The molecule has 0 aromatic heterocycles. The number of ether oxygens (including phenoxy) is 1. The summed E-state index contributed by atoms with van der Waals surface area (Å²) < 4.78 is 5.44. The van der Waals surface area contributed by atoms with E-state index in [2.05, 4.69) is 16.0 Å². The molecule has 1 aliphatic rings. The fourth-order valence-electron chi connectivity index (χ4n) is 1.38. The van der Waals surface area contributed by atoms with Crippen molar-refractivity contribution in [2.24, 2.45) is 0 Å². The van der Waals surface area contributed by atoms with Crippen molar-refractivity contribution in [3.05, 3.63) is 0 Å². The van der Waals surface area contributed by atoms with Gasteiger partial charge in [0.2, 0.25) is 11.8 Å². The van der Waals surface area contributed by atoms with Crippen molar-refractivity contribution in [1.29, 1.82) is 0 Å². The van der Waals surface area contributed by atoms with E-state index in [9.17, 15) is 9.59 Å². The van der Waals surface area contributed by atoms with Crippen LogP contribution < -0.4 is 16.0 Å². The molecule has 16 heavy (non-hydrogen) atoms. The van der Waals surface area contributed by atoms with Gasteiger partial charge in [-0.2, -0.15) is 0 Å². The number of hydrogen-bond acceptors (Lipinski definition) is 4. The highest BCUT2D eigenvalue weighted by molar-refractivity contribution is 5.87. The van der Waals surface area contributed by atoms with Crippen molar-refractivity contribution in [3.8, 4) is 0 Å². The van der Waals surface area contributed by atoms with E-state index in [0.29, 0.717) is 0 Å². The number of carbonyl (C=O) groups excluding carboxylic acids is 2. The van der Waals surface area contributed by atoms with Crippen molar-refractivity contribution in [3.63, 3.8) is 0 Å². The predicted molar refractivity (Wildman–Crippen MR) is 58.9 cm³/mol. The lowest BCUT2D eigenvalue weighted by Gasteiger charge is -2.38. The number of hydrogen-bond donors (Lipinski definition) is 3. The minimum atomic E-state index is -0.534. The fourth-order valence-corrected chi connectivity index (χ4v) is 1.38. The molecule has 0 bridgehead atoms. The molecule has 1 aliphatic heterocycles. The number of amides is 2. The maximum absolute atomic E-state index is 11.4. The summed E-state index contributed by atoms with van der Waals surface area (Å²) in [4.78, 5) is 22.6. The summed E-state index contributed by atoms with van der Waals surface area (Å²) >= 11 is 0. The Hall–Kier alpha value is -1.14. The van der Waals surface area contributed by atoms with Crippen LogP contribution in [0, 0.1) is 0 Å². The molecule has 6 heteroatoms. The minimum Gasteiger partial charge on any atom is -0.363 e. The zero-order chi connectivity index (χ0) is 12.2. The lowest BCUT2D eigenvalue weighted by atomic mass is 10.0. The molecule has 0 aliphatic carbocycles. The van der Waals surface area contributed by atoms with E-state index in [-0.39, 0.29) is 24.0 Å². The van der Waals surface area contributed by atoms with Gasteiger partial charge in [-0.1, -0.05) is 0 Å². The van der Waals surface area contributed by atoms with E-state index >= 15 is 0 Å². The predicted octanol–water partition coefficient (Wildman–Crippen LogP) is -1.38. The Morgan fingerprint density at radius 3 is 2.56 bits per heavy atom. The molecule has 0 radical (unpaired) electrons. The number of rotatable bonds is 5. The van der Waals surface area contributed by atoms with Gasteiger partial charge in [-0.05, 0) is 13.8 Å². The Balaban J connectivity index is 2.22. The average molecular weight is 229 g/mol. The first-order valence-electron chi connectivity index (χ1n) is 5.32. The van der Waals surface area contributed by atoms with E-state index < -0.39 is 6.04 Å². The molecule has 0 saturated carbocycles. The summed E-state index contributed by atoms with van der Waals surface area (Å²) in [5.41, 5.74) is -0.242. The van der Waals surface area contributed by atoms with Gasteiger partial charge in [0.1, 0.15) is 12.6 Å². The minimum absolute atomic E-state index is 0.0144. The second kappa shape index (κ2) is 5.27. The second-order valence-corrected chi connectivity index (χ2v) is 4.25. The van der Waals surface area contributed by atoms with Crippen LogP contribution in [-0.4, -0.2) is 50.2 Å². The van der Waals surface area contributed by atoms with Crippen LogP contribution in [0.4, 0.5) is 0 Å². The third kappa shape index (κ3) is 3.46. The normalized spacial score (nSPS) is 19.4. The smallest absolute Gasteiger partial charge is 0.246 e. The summed E-state index contributed by atoms with van der Waals surface area (Å²) in [5.74, 6) is -0.492. The molecular formula is C10H19N3O3. The van der Waals surface area contributed by atoms with Crippen LogP contribution in [-0.2, 0) is 14.3 Å². The van der Waals surface area contributed by atoms with Gasteiger partial charge >= 0.3 is 0 Å². The maximum atomic E-state index is 11.4. The standard InChI is InChI=1S/C10H19N3O3/c1-7(9(15)11-3)13-8(14)4-16-10(2)5-12-6-10/h7,12H,4-6H2,1-3H3,(H,11,15)(H,13,14). The molecule has 0 aromatic carbocycles. The van der Waals surface area contributed by atoms with E-state index in [1.54, 1.807) is 6.92 Å². The van der Waals surface area contributed by atoms with Crippen molar-refractivity contribution < 1.29 is 14.3 Å². The van der Waals surface area contributed by atoms with Crippen molar-refractivity contribution in [2.75, 3.05) is 26.7 Å². The Bertz CT molecular complexity index is 276. The molecular weight excluding hydrogens is 210 g/mol. The fraction of sp³-hybridized carbons (Fsp3) is 0.800. The van der Waals surface area contributed by atoms with Crippen LogP contribution in [0.1, 0.15) is 13.8 Å². The van der Waals surface area contributed by atoms with Gasteiger partial charge in [0.15, 0.2) is 0 Å². The number of carbonyl (C=O) groups is 2. The van der Waals surface area contributed by atoms with Crippen LogP contribution in [0.2, 0.25) is 0 Å². The summed E-state index contributed by atoms with van der Waals surface area (Å²) in [6, 6.07) is -0.534. The number of likely N-dealkylation sites (N-methyl/N-ethyl adjacent to an activating group) is 1. The topological polar surface area (TPSA) is 79.5 Å². The molecule has 1 saturated heterocycles. The molecule has 6 nitrogen and oxygen atoms in total. The Kier molecular flexibility index (Phi) is 4.26. The van der Waals surface area contributed by atoms with Crippen LogP contribution >= 0.6 is 0 Å². The van der Waals surface area contributed by atoms with Crippen molar-refractivity contribution >= 4 is 11.8 Å². The molecule has 1 unspecified atom stereocenters. The molecule has 0 spiro atoms. The monoisotopic (exact) mass is 229 g/mol. The van der Waals surface area contributed by atoms with Crippen molar-refractivity contribution in [2.45, 2.75) is 25.5 Å². The lowest BCUT2D eigenvalue weighted by molar-refractivity contribution is -0.138. The van der Waals surface area contributed by atoms with E-state index in [1.165, 1.54) is 7.05 Å². The van der Waals surface area contributed by atoms with Crippen molar-refractivity contribution in [1.82, 2.24) is 16.0 Å². The van der Waals surface area contributed by atoms with Gasteiger partial charge in [0, 0.05) is 20.1 Å². The van der Waals surface area contributed by atoms with Crippen LogP contribution in [0.15, 0.2) is 0 Å². The summed E-state index contributed by atoms with van der Waals surface area (Å²) in [5, 5.41) is 8.09. The SMILES string of the molecule is CNC(=O)C(C)NC(=O)COC1(C)CNC1.